The molecule has 1 N–H and O–H groups in total. The summed E-state index contributed by atoms with van der Waals surface area (Å²) in [4.78, 5) is 54.7. The number of carbonyl (C=O) groups excluding carboxylic acids is 1. The summed E-state index contributed by atoms with van der Waals surface area (Å²) in [5, 5.41) is 4.18. The van der Waals surface area contributed by atoms with Gasteiger partial charge >= 0.3 is 11.4 Å². The molecule has 0 atom stereocenters. The van der Waals surface area contributed by atoms with E-state index in [1.165, 1.54) is 26.5 Å². The highest BCUT2D eigenvalue weighted by Crippen LogP contribution is 2.33. The van der Waals surface area contributed by atoms with Gasteiger partial charge in [-0.2, -0.15) is 0 Å². The molecule has 0 bridgehead atoms. The van der Waals surface area contributed by atoms with Gasteiger partial charge in [-0.25, -0.2) is 23.4 Å². The third-order valence-corrected chi connectivity index (χ3v) is 6.98. The van der Waals surface area contributed by atoms with Crippen LogP contribution in [0, 0.1) is 17.6 Å². The molecule has 37 heavy (non-hydrogen) atoms. The van der Waals surface area contributed by atoms with E-state index >= 15 is 0 Å². The van der Waals surface area contributed by atoms with Gasteiger partial charge in [-0.05, 0) is 30.9 Å². The molecule has 1 saturated carbocycles. The number of fused-ring (bicyclic) bond motifs is 1. The number of thiazole rings is 1. The van der Waals surface area contributed by atoms with Crippen LogP contribution < -0.4 is 27.0 Å². The number of hydrogen-bond donors (Lipinski definition) is 1. The molecule has 1 fully saturated rings. The molecule has 0 radical (unpaired) electrons. The molecule has 1 aliphatic rings. The first kappa shape index (κ1) is 24.6. The van der Waals surface area contributed by atoms with Crippen molar-refractivity contribution in [3.63, 3.8) is 0 Å². The maximum Gasteiger partial charge on any atom is 0.332 e. The van der Waals surface area contributed by atoms with Crippen LogP contribution in [0.4, 0.5) is 13.9 Å². The largest absolute Gasteiger partial charge is 0.487 e. The van der Waals surface area contributed by atoms with Crippen molar-refractivity contribution in [1.29, 1.82) is 0 Å². The maximum absolute atomic E-state index is 14.5. The van der Waals surface area contributed by atoms with E-state index < -0.39 is 46.8 Å². The predicted octanol–water partition coefficient (Wildman–Crippen LogP) is 1.57. The van der Waals surface area contributed by atoms with Crippen LogP contribution in [-0.4, -0.2) is 35.8 Å². The molecule has 0 unspecified atom stereocenters. The summed E-state index contributed by atoms with van der Waals surface area (Å²) in [6.45, 7) is -0.253. The number of hydrogen-bond acceptors (Lipinski definition) is 7. The average Bonchev–Trinajstić information content (AvgIpc) is 3.51. The topological polar surface area (TPSA) is 122 Å². The number of anilines is 1. The lowest BCUT2D eigenvalue weighted by Gasteiger charge is -2.09. The maximum atomic E-state index is 14.5. The van der Waals surface area contributed by atoms with Gasteiger partial charge in [-0.1, -0.05) is 0 Å². The number of nitrogens with zero attached hydrogens (tertiary/aromatic N) is 5. The van der Waals surface area contributed by atoms with E-state index in [1.807, 2.05) is 0 Å². The zero-order valence-electron chi connectivity index (χ0n) is 20.1. The zero-order valence-corrected chi connectivity index (χ0v) is 20.9. The Hall–Kier alpha value is -4.07. The summed E-state index contributed by atoms with van der Waals surface area (Å²) in [5.74, 6) is -2.44. The molecule has 3 aromatic heterocycles. The minimum absolute atomic E-state index is 0.0797. The average molecular weight is 533 g/mol. The van der Waals surface area contributed by atoms with Crippen molar-refractivity contribution in [3.8, 4) is 17.0 Å². The minimum atomic E-state index is -0.847. The van der Waals surface area contributed by atoms with Crippen LogP contribution in [0.3, 0.4) is 0 Å². The van der Waals surface area contributed by atoms with E-state index in [-0.39, 0.29) is 34.2 Å². The number of benzene rings is 1. The molecule has 194 valence electrons. The Morgan fingerprint density at radius 2 is 1.73 bits per heavy atom. The molecule has 1 aromatic carbocycles. The molecule has 1 amide bonds. The SMILES string of the molecule is Cn1c(=O)c2c(n(C)c1=O)n(C)c(=O)n2CC(=O)Nc1nc(-c2cc(F)c(OCC3CC3)c(F)c2)cs1. The Balaban J connectivity index is 1.37. The van der Waals surface area contributed by atoms with Gasteiger partial charge in [-0.3, -0.25) is 27.9 Å². The smallest absolute Gasteiger partial charge is 0.332 e. The van der Waals surface area contributed by atoms with E-state index in [0.29, 0.717) is 5.92 Å². The third kappa shape index (κ3) is 4.37. The van der Waals surface area contributed by atoms with Crippen LogP contribution in [-0.2, 0) is 32.5 Å². The normalized spacial score (nSPS) is 13.3. The van der Waals surface area contributed by atoms with Gasteiger partial charge in [-0.15, -0.1) is 11.3 Å². The highest BCUT2D eigenvalue weighted by atomic mass is 32.1. The van der Waals surface area contributed by atoms with Crippen LogP contribution in [0.25, 0.3) is 22.4 Å². The third-order valence-electron chi connectivity index (χ3n) is 6.22. The molecule has 5 rings (SSSR count). The molecule has 0 aliphatic heterocycles. The summed E-state index contributed by atoms with van der Waals surface area (Å²) in [5.41, 5.74) is -1.59. The molecular formula is C23H22F2N6O5S. The Kier molecular flexibility index (Phi) is 6.06. The summed E-state index contributed by atoms with van der Waals surface area (Å²) in [6.07, 6.45) is 1.97. The Labute approximate surface area is 211 Å². The van der Waals surface area contributed by atoms with Gasteiger partial charge in [0.25, 0.3) is 5.56 Å². The quantitative estimate of drug-likeness (QED) is 0.386. The molecule has 14 heteroatoms. The van der Waals surface area contributed by atoms with Crippen LogP contribution >= 0.6 is 11.3 Å². The van der Waals surface area contributed by atoms with Crippen LogP contribution in [0.5, 0.6) is 5.75 Å². The number of ether oxygens (including phenoxy) is 1. The number of imidazole rings is 1. The Morgan fingerprint density at radius 1 is 1.08 bits per heavy atom. The Morgan fingerprint density at radius 3 is 2.38 bits per heavy atom. The van der Waals surface area contributed by atoms with Crippen LogP contribution in [0.2, 0.25) is 0 Å². The molecule has 4 aromatic rings. The van der Waals surface area contributed by atoms with Crippen molar-refractivity contribution in [2.45, 2.75) is 19.4 Å². The molecule has 11 nitrogen and oxygen atoms in total. The second kappa shape index (κ2) is 9.10. The molecule has 3 heterocycles. The van der Waals surface area contributed by atoms with Gasteiger partial charge in [0.2, 0.25) is 5.91 Å². The first-order valence-electron chi connectivity index (χ1n) is 11.3. The number of aromatic nitrogens is 5. The van der Waals surface area contributed by atoms with Crippen molar-refractivity contribution in [1.82, 2.24) is 23.3 Å². The first-order chi connectivity index (χ1) is 17.6. The Bertz CT molecular complexity index is 1720. The van der Waals surface area contributed by atoms with Gasteiger partial charge in [0.15, 0.2) is 33.7 Å². The molecule has 1 aliphatic carbocycles. The highest BCUT2D eigenvalue weighted by molar-refractivity contribution is 7.14. The fraction of sp³-hybridized carbons (Fsp3) is 0.348. The van der Waals surface area contributed by atoms with E-state index in [0.717, 1.165) is 54.6 Å². The summed E-state index contributed by atoms with van der Waals surface area (Å²) >= 11 is 1.02. The van der Waals surface area contributed by atoms with Crippen molar-refractivity contribution in [2.24, 2.45) is 27.1 Å². The van der Waals surface area contributed by atoms with Gasteiger partial charge < -0.3 is 10.1 Å². The van der Waals surface area contributed by atoms with E-state index in [1.54, 1.807) is 0 Å². The number of nitrogens with one attached hydrogen (secondary N) is 1. The van der Waals surface area contributed by atoms with Gasteiger partial charge in [0.1, 0.15) is 6.54 Å². The number of carbonyl (C=O) groups is 1. The monoisotopic (exact) mass is 532 g/mol. The fourth-order valence-electron chi connectivity index (χ4n) is 4.05. The lowest BCUT2D eigenvalue weighted by molar-refractivity contribution is -0.116. The zero-order chi connectivity index (χ0) is 26.6. The van der Waals surface area contributed by atoms with Gasteiger partial charge in [0, 0.05) is 32.1 Å². The molecule has 0 spiro atoms. The van der Waals surface area contributed by atoms with Gasteiger partial charge in [0.05, 0.1) is 12.3 Å². The number of halogens is 2. The van der Waals surface area contributed by atoms with Crippen molar-refractivity contribution < 1.29 is 18.3 Å². The second-order valence-corrected chi connectivity index (χ2v) is 9.77. The lowest BCUT2D eigenvalue weighted by atomic mass is 10.1. The predicted molar refractivity (Wildman–Crippen MR) is 132 cm³/mol. The highest BCUT2D eigenvalue weighted by Gasteiger charge is 2.24. The number of rotatable bonds is 7. The lowest BCUT2D eigenvalue weighted by Crippen LogP contribution is -2.38. The summed E-state index contributed by atoms with van der Waals surface area (Å²) in [7, 11) is 4.09. The van der Waals surface area contributed by atoms with E-state index in [2.05, 4.69) is 10.3 Å². The minimum Gasteiger partial charge on any atom is -0.487 e. The summed E-state index contributed by atoms with van der Waals surface area (Å²) < 4.78 is 38.3. The second-order valence-electron chi connectivity index (χ2n) is 8.92. The first-order valence-corrected chi connectivity index (χ1v) is 12.2. The van der Waals surface area contributed by atoms with Crippen molar-refractivity contribution in [2.75, 3.05) is 11.9 Å². The fourth-order valence-corrected chi connectivity index (χ4v) is 4.78. The molecule has 0 saturated heterocycles. The summed E-state index contributed by atoms with van der Waals surface area (Å²) in [6, 6.07) is 2.23. The van der Waals surface area contributed by atoms with E-state index in [9.17, 15) is 28.0 Å². The standard InChI is InChI=1S/C23H22F2N6O5S/c1-28-19-17(20(33)30(3)22(28)34)31(23(35)29(19)2)8-16(32)27-21-26-15(10-37-21)12-6-13(24)18(14(25)7-12)36-9-11-4-5-11/h6-7,10-11H,4-5,8-9H2,1-3H3,(H,26,27,32). The number of amides is 1. The number of aryl methyl sites for hydroxylation is 2. The van der Waals surface area contributed by atoms with Crippen molar-refractivity contribution in [3.05, 3.63) is 60.5 Å². The van der Waals surface area contributed by atoms with E-state index in [4.69, 9.17) is 4.74 Å². The van der Waals surface area contributed by atoms with Crippen LogP contribution in [0.1, 0.15) is 12.8 Å². The van der Waals surface area contributed by atoms with Crippen molar-refractivity contribution >= 4 is 33.5 Å². The van der Waals surface area contributed by atoms with Crippen LogP contribution in [0.15, 0.2) is 31.9 Å². The molecular weight excluding hydrogens is 510 g/mol.